The lowest BCUT2D eigenvalue weighted by molar-refractivity contribution is 0.0589. The Labute approximate surface area is 100 Å². The molecule has 0 fully saturated rings. The van der Waals surface area contributed by atoms with Crippen LogP contribution in [-0.2, 0) is 10.6 Å². The highest BCUT2D eigenvalue weighted by atomic mass is 35.5. The average molecular weight is 270 g/mol. The molecular formula is C9H7Cl2F2NO2. The third-order valence-electron chi connectivity index (χ3n) is 1.82. The van der Waals surface area contributed by atoms with Crippen LogP contribution in [0.4, 0.5) is 8.78 Å². The molecule has 0 radical (unpaired) electrons. The van der Waals surface area contributed by atoms with Crippen molar-refractivity contribution in [3.05, 3.63) is 28.0 Å². The fourth-order valence-electron chi connectivity index (χ4n) is 1.13. The molecule has 1 rings (SSSR count). The van der Waals surface area contributed by atoms with Gasteiger partial charge in [-0.2, -0.15) is 0 Å². The summed E-state index contributed by atoms with van der Waals surface area (Å²) in [5.41, 5.74) is -0.773. The fraction of sp³-hybridized carbons (Fsp3) is 0.333. The minimum absolute atomic E-state index is 0.0686. The number of hydrogen-bond donors (Lipinski definition) is 0. The SMILES string of the molecule is COC(=O)c1c(C(F)F)cc(CCl)nc1Cl. The Morgan fingerprint density at radius 1 is 1.62 bits per heavy atom. The van der Waals surface area contributed by atoms with Crippen LogP contribution in [0.3, 0.4) is 0 Å². The summed E-state index contributed by atoms with van der Waals surface area (Å²) in [5.74, 6) is -1.02. The van der Waals surface area contributed by atoms with E-state index in [1.165, 1.54) is 0 Å². The van der Waals surface area contributed by atoms with Gasteiger partial charge in [0.05, 0.1) is 18.7 Å². The summed E-state index contributed by atoms with van der Waals surface area (Å²) in [5, 5.41) is -0.333. The summed E-state index contributed by atoms with van der Waals surface area (Å²) in [6.45, 7) is 0. The number of halogens is 4. The molecule has 0 bridgehead atoms. The summed E-state index contributed by atoms with van der Waals surface area (Å²) in [4.78, 5) is 14.9. The molecule has 7 heteroatoms. The van der Waals surface area contributed by atoms with Gasteiger partial charge in [0.15, 0.2) is 0 Å². The van der Waals surface area contributed by atoms with Crippen LogP contribution in [0.25, 0.3) is 0 Å². The Hall–Kier alpha value is -0.940. The predicted octanol–water partition coefficient (Wildman–Crippen LogP) is 3.20. The van der Waals surface area contributed by atoms with Gasteiger partial charge in [-0.1, -0.05) is 11.6 Å². The van der Waals surface area contributed by atoms with Gasteiger partial charge in [0.1, 0.15) is 10.7 Å². The first-order valence-electron chi connectivity index (χ1n) is 4.13. The molecule has 0 spiro atoms. The fourth-order valence-corrected chi connectivity index (χ4v) is 1.56. The quantitative estimate of drug-likeness (QED) is 0.481. The zero-order valence-electron chi connectivity index (χ0n) is 8.14. The molecule has 0 aliphatic rings. The van der Waals surface area contributed by atoms with Crippen LogP contribution in [0.5, 0.6) is 0 Å². The summed E-state index contributed by atoms with van der Waals surface area (Å²) in [6, 6.07) is 1.04. The summed E-state index contributed by atoms with van der Waals surface area (Å²) in [6.07, 6.45) is -2.85. The molecule has 1 aromatic rings. The van der Waals surface area contributed by atoms with Gasteiger partial charge < -0.3 is 4.74 Å². The van der Waals surface area contributed by atoms with Crippen LogP contribution in [0.15, 0.2) is 6.07 Å². The Balaban J connectivity index is 3.39. The van der Waals surface area contributed by atoms with Gasteiger partial charge in [-0.25, -0.2) is 18.6 Å². The van der Waals surface area contributed by atoms with E-state index in [0.29, 0.717) is 0 Å². The van der Waals surface area contributed by atoms with Gasteiger partial charge in [-0.15, -0.1) is 11.6 Å². The number of nitrogens with zero attached hydrogens (tertiary/aromatic N) is 1. The maximum atomic E-state index is 12.7. The second-order valence-electron chi connectivity index (χ2n) is 2.79. The topological polar surface area (TPSA) is 39.2 Å². The van der Waals surface area contributed by atoms with Crippen molar-refractivity contribution >= 4 is 29.2 Å². The number of rotatable bonds is 3. The van der Waals surface area contributed by atoms with E-state index in [1.54, 1.807) is 0 Å². The first kappa shape index (κ1) is 13.1. The highest BCUT2D eigenvalue weighted by Crippen LogP contribution is 2.29. The van der Waals surface area contributed by atoms with Gasteiger partial charge in [-0.05, 0) is 6.07 Å². The van der Waals surface area contributed by atoms with Crippen LogP contribution in [0, 0.1) is 0 Å². The predicted molar refractivity (Wildman–Crippen MR) is 55.1 cm³/mol. The van der Waals surface area contributed by atoms with Crippen molar-refractivity contribution < 1.29 is 18.3 Å². The van der Waals surface area contributed by atoms with Crippen molar-refractivity contribution in [3.63, 3.8) is 0 Å². The number of ether oxygens (including phenoxy) is 1. The lowest BCUT2D eigenvalue weighted by Crippen LogP contribution is -2.09. The number of carbonyl (C=O) groups excluding carboxylic acids is 1. The molecule has 1 heterocycles. The van der Waals surface area contributed by atoms with Crippen molar-refractivity contribution in [2.75, 3.05) is 7.11 Å². The number of carbonyl (C=O) groups is 1. The van der Waals surface area contributed by atoms with Crippen LogP contribution >= 0.6 is 23.2 Å². The Morgan fingerprint density at radius 2 is 2.25 bits per heavy atom. The van der Waals surface area contributed by atoms with Crippen molar-refractivity contribution in [2.24, 2.45) is 0 Å². The van der Waals surface area contributed by atoms with Gasteiger partial charge in [0, 0.05) is 5.56 Å². The number of pyridine rings is 1. The molecule has 0 aliphatic heterocycles. The lowest BCUT2D eigenvalue weighted by Gasteiger charge is -2.09. The van der Waals surface area contributed by atoms with Crippen LogP contribution in [0.1, 0.15) is 28.0 Å². The molecule has 0 aliphatic carbocycles. The third kappa shape index (κ3) is 2.59. The lowest BCUT2D eigenvalue weighted by atomic mass is 10.1. The van der Waals surface area contributed by atoms with E-state index in [9.17, 15) is 13.6 Å². The highest BCUT2D eigenvalue weighted by molar-refractivity contribution is 6.32. The Morgan fingerprint density at radius 3 is 2.69 bits per heavy atom. The monoisotopic (exact) mass is 269 g/mol. The van der Waals surface area contributed by atoms with E-state index < -0.39 is 23.5 Å². The number of esters is 1. The summed E-state index contributed by atoms with van der Waals surface area (Å²) >= 11 is 11.1. The van der Waals surface area contributed by atoms with Crippen molar-refractivity contribution in [1.82, 2.24) is 4.98 Å². The first-order valence-corrected chi connectivity index (χ1v) is 5.04. The minimum Gasteiger partial charge on any atom is -0.465 e. The third-order valence-corrected chi connectivity index (χ3v) is 2.37. The van der Waals surface area contributed by atoms with E-state index in [1.807, 2.05) is 0 Å². The largest absolute Gasteiger partial charge is 0.465 e. The Kier molecular flexibility index (Phi) is 4.44. The van der Waals surface area contributed by atoms with E-state index in [0.717, 1.165) is 13.2 Å². The van der Waals surface area contributed by atoms with Crippen LogP contribution in [0.2, 0.25) is 5.15 Å². The average Bonchev–Trinajstić information content (AvgIpc) is 2.26. The smallest absolute Gasteiger partial charge is 0.341 e. The van der Waals surface area contributed by atoms with Gasteiger partial charge in [0.25, 0.3) is 6.43 Å². The molecule has 0 atom stereocenters. The van der Waals surface area contributed by atoms with E-state index in [2.05, 4.69) is 9.72 Å². The maximum Gasteiger partial charge on any atom is 0.341 e. The van der Waals surface area contributed by atoms with Crippen molar-refractivity contribution in [3.8, 4) is 0 Å². The number of methoxy groups -OCH3 is 1. The molecule has 88 valence electrons. The van der Waals surface area contributed by atoms with E-state index in [4.69, 9.17) is 23.2 Å². The van der Waals surface area contributed by atoms with Crippen molar-refractivity contribution in [2.45, 2.75) is 12.3 Å². The van der Waals surface area contributed by atoms with E-state index >= 15 is 0 Å². The number of aromatic nitrogens is 1. The zero-order valence-corrected chi connectivity index (χ0v) is 9.65. The summed E-state index contributed by atoms with van der Waals surface area (Å²) < 4.78 is 29.7. The molecule has 3 nitrogen and oxygen atoms in total. The molecule has 0 unspecified atom stereocenters. The molecule has 0 N–H and O–H groups in total. The molecular weight excluding hydrogens is 263 g/mol. The van der Waals surface area contributed by atoms with Crippen LogP contribution < -0.4 is 0 Å². The van der Waals surface area contributed by atoms with Gasteiger partial charge >= 0.3 is 5.97 Å². The second-order valence-corrected chi connectivity index (χ2v) is 3.42. The minimum atomic E-state index is -2.85. The molecule has 1 aromatic heterocycles. The first-order chi connectivity index (χ1) is 7.51. The summed E-state index contributed by atoms with van der Waals surface area (Å²) in [7, 11) is 1.07. The van der Waals surface area contributed by atoms with Gasteiger partial charge in [0.2, 0.25) is 0 Å². The maximum absolute atomic E-state index is 12.7. The highest BCUT2D eigenvalue weighted by Gasteiger charge is 2.24. The zero-order chi connectivity index (χ0) is 12.3. The Bertz CT molecular complexity index is 413. The molecule has 0 saturated carbocycles. The van der Waals surface area contributed by atoms with E-state index in [-0.39, 0.29) is 16.7 Å². The number of alkyl halides is 3. The van der Waals surface area contributed by atoms with Gasteiger partial charge in [-0.3, -0.25) is 0 Å². The van der Waals surface area contributed by atoms with Crippen LogP contribution in [-0.4, -0.2) is 18.1 Å². The normalized spacial score (nSPS) is 10.6. The molecule has 0 saturated heterocycles. The number of hydrogen-bond acceptors (Lipinski definition) is 3. The second kappa shape index (κ2) is 5.41. The standard InChI is InChI=1S/C9H7Cl2F2NO2/c1-16-9(15)6-5(8(12)13)2-4(3-10)14-7(6)11/h2,8H,3H2,1H3. The molecule has 0 aromatic carbocycles. The molecule has 16 heavy (non-hydrogen) atoms. The molecule has 0 amide bonds. The van der Waals surface area contributed by atoms with Crippen molar-refractivity contribution in [1.29, 1.82) is 0 Å².